The molecule has 2 saturated heterocycles. The number of carbonyl (C=O) groups excluding carboxylic acids is 4. The highest BCUT2D eigenvalue weighted by Gasteiger charge is 2.40. The first-order valence-corrected chi connectivity index (χ1v) is 24.0. The van der Waals surface area contributed by atoms with Crippen molar-refractivity contribution < 1.29 is 51.3 Å². The minimum Gasteiger partial charge on any atom is -0.475 e. The number of likely N-dealkylation sites (tertiary alicyclic amines) is 1. The van der Waals surface area contributed by atoms with E-state index in [9.17, 15) is 32.3 Å². The maximum atomic E-state index is 14.6. The van der Waals surface area contributed by atoms with Crippen LogP contribution in [0.3, 0.4) is 0 Å². The summed E-state index contributed by atoms with van der Waals surface area (Å²) in [7, 11) is 5.30. The van der Waals surface area contributed by atoms with Gasteiger partial charge in [-0.2, -0.15) is 13.2 Å². The minimum absolute atomic E-state index is 0.0354. The Morgan fingerprint density at radius 1 is 1.10 bits per heavy atom. The van der Waals surface area contributed by atoms with Crippen molar-refractivity contribution in [3.05, 3.63) is 53.3 Å². The lowest BCUT2D eigenvalue weighted by Gasteiger charge is -2.39. The van der Waals surface area contributed by atoms with Crippen LogP contribution in [0.15, 0.2) is 41.5 Å². The molecule has 5 atom stereocenters. The van der Waals surface area contributed by atoms with E-state index in [1.165, 1.54) is 16.7 Å². The molecular weight excluding hydrogens is 910 g/mol. The molecule has 0 aliphatic carbocycles. The highest BCUT2D eigenvalue weighted by molar-refractivity contribution is 6.02. The zero-order valence-corrected chi connectivity index (χ0v) is 41.9. The first-order chi connectivity index (χ1) is 32.9. The zero-order chi connectivity index (χ0) is 50.9. The van der Waals surface area contributed by atoms with Gasteiger partial charge in [-0.25, -0.2) is 10.4 Å². The van der Waals surface area contributed by atoms with Gasteiger partial charge in [0.1, 0.15) is 25.2 Å². The Kier molecular flexibility index (Phi) is 15.7. The van der Waals surface area contributed by atoms with E-state index in [2.05, 4.69) is 27.6 Å². The number of benzene rings is 1. The van der Waals surface area contributed by atoms with E-state index in [0.717, 1.165) is 0 Å². The molecule has 380 valence electrons. The summed E-state index contributed by atoms with van der Waals surface area (Å²) < 4.78 is 69.2. The molecule has 70 heavy (non-hydrogen) atoms. The number of alkyl halides is 3. The first-order valence-electron chi connectivity index (χ1n) is 24.0. The summed E-state index contributed by atoms with van der Waals surface area (Å²) >= 11 is 0. The van der Waals surface area contributed by atoms with Crippen LogP contribution in [0.2, 0.25) is 0 Å². The Morgan fingerprint density at radius 3 is 2.53 bits per heavy atom. The predicted octanol–water partition coefficient (Wildman–Crippen LogP) is 5.46. The molecule has 6 heterocycles. The maximum absolute atomic E-state index is 14.6. The number of ether oxygens (including phenoxy) is 4. The molecule has 19 heteroatoms. The van der Waals surface area contributed by atoms with Crippen LogP contribution in [0, 0.1) is 29.1 Å². The van der Waals surface area contributed by atoms with Crippen molar-refractivity contribution in [3.8, 4) is 23.1 Å². The van der Waals surface area contributed by atoms with E-state index in [1.54, 1.807) is 48.4 Å². The van der Waals surface area contributed by atoms with Crippen LogP contribution in [-0.2, 0) is 51.1 Å². The summed E-state index contributed by atoms with van der Waals surface area (Å²) in [6.07, 6.45) is -2.79. The lowest BCUT2D eigenvalue weighted by atomic mass is 9.84. The number of aliphatic imine (C=N–C) groups is 1. The average molecular weight is 977 g/mol. The van der Waals surface area contributed by atoms with Crippen LogP contribution < -0.4 is 10.7 Å². The Labute approximate surface area is 407 Å². The molecule has 4 aliphatic heterocycles. The summed E-state index contributed by atoms with van der Waals surface area (Å²) in [6, 6.07) is 5.89. The van der Waals surface area contributed by atoms with Crippen molar-refractivity contribution in [1.82, 2.24) is 35.1 Å². The Morgan fingerprint density at radius 2 is 1.84 bits per heavy atom. The molecule has 7 rings (SSSR count). The number of nitrogens with zero attached hydrogens (tertiary/aromatic N) is 6. The van der Waals surface area contributed by atoms with Crippen molar-refractivity contribution in [2.24, 2.45) is 22.2 Å². The van der Waals surface area contributed by atoms with Crippen LogP contribution in [-0.4, -0.2) is 151 Å². The monoisotopic (exact) mass is 977 g/mol. The Hall–Kier alpha value is -5.55. The summed E-state index contributed by atoms with van der Waals surface area (Å²) in [5.41, 5.74) is 4.46. The number of esters is 1. The van der Waals surface area contributed by atoms with Gasteiger partial charge in [0.15, 0.2) is 0 Å². The number of aromatic nitrogens is 2. The summed E-state index contributed by atoms with van der Waals surface area (Å²) in [6.45, 7) is 12.8. The van der Waals surface area contributed by atoms with Gasteiger partial charge in [0, 0.05) is 66.8 Å². The molecule has 2 fully saturated rings. The number of carbonyl (C=O) groups is 4. The largest absolute Gasteiger partial charge is 0.475 e. The van der Waals surface area contributed by atoms with Crippen LogP contribution in [0.5, 0.6) is 0 Å². The molecular formula is C51H67F3N8O8. The SMILES string of the molecule is CO[C@@H](C)c1ncccc1-c1c2c3cc(ccc3n1CC(F)(F)F)C1=NC(CO1)C[C@H](NC(=O)[C@@H](COC1CN(C(=O)C#CC(C)(C)N(C)C)C1)C(C)C)C(=O)N1CCC[C@H](N1)C(=O)OCC(C)(C)C2. The molecule has 2 aromatic heterocycles. The smallest absolute Gasteiger partial charge is 0.406 e. The second kappa shape index (κ2) is 21.0. The number of halogens is 3. The predicted molar refractivity (Wildman–Crippen MR) is 256 cm³/mol. The fraction of sp³-hybridized carbons (Fsp3) is 0.608. The highest BCUT2D eigenvalue weighted by Crippen LogP contribution is 2.42. The van der Waals surface area contributed by atoms with Gasteiger partial charge >= 0.3 is 12.1 Å². The molecule has 2 N–H and O–H groups in total. The lowest BCUT2D eigenvalue weighted by Crippen LogP contribution is -2.61. The molecule has 16 nitrogen and oxygen atoms in total. The molecule has 1 aromatic carbocycles. The van der Waals surface area contributed by atoms with E-state index in [0.29, 0.717) is 64.9 Å². The van der Waals surface area contributed by atoms with E-state index >= 15 is 0 Å². The van der Waals surface area contributed by atoms with Gasteiger partial charge in [-0.15, -0.1) is 0 Å². The Bertz CT molecular complexity index is 2540. The van der Waals surface area contributed by atoms with Crippen molar-refractivity contribution in [3.63, 3.8) is 0 Å². The third-order valence-corrected chi connectivity index (χ3v) is 13.8. The standard InChI is InChI=1S/C51H67F3N8O8/c1-30(2)38(27-68-34-24-60(25-34)42(63)17-18-50(6,7)59(8)9)45(64)57-40-22-33-26-69-46(56-33)32-15-16-41-36(21-32)37(23-49(4,5)29-70-48(66)39-14-12-20-62(58-39)47(40)65)44(61(41)28-51(52,53)54)35-13-11-19-55-43(35)31(3)67-10/h11,13,15-16,19,21,30-31,33-34,38-40,58H,12,14,20,22-29H2,1-10H3,(H,57,64)/t31-,33?,38-,39-,40-/m0/s1. The number of pyridine rings is 1. The highest BCUT2D eigenvalue weighted by atomic mass is 19.4. The van der Waals surface area contributed by atoms with Crippen molar-refractivity contribution in [2.45, 2.75) is 123 Å². The number of hydrogen-bond donors (Lipinski definition) is 2. The van der Waals surface area contributed by atoms with Crippen molar-refractivity contribution >= 4 is 40.5 Å². The Balaban J connectivity index is 1.20. The number of methoxy groups -OCH3 is 1. The summed E-state index contributed by atoms with van der Waals surface area (Å²) in [5.74, 6) is 3.37. The third kappa shape index (κ3) is 12.0. The molecule has 3 amide bonds. The normalized spacial score (nSPS) is 22.1. The molecule has 3 aromatic rings. The van der Waals surface area contributed by atoms with E-state index in [1.807, 2.05) is 60.5 Å². The summed E-state index contributed by atoms with van der Waals surface area (Å²) in [5, 5.41) is 4.89. The number of hydrazine groups is 1. The van der Waals surface area contributed by atoms with Crippen LogP contribution in [0.25, 0.3) is 22.2 Å². The second-order valence-corrected chi connectivity index (χ2v) is 20.8. The lowest BCUT2D eigenvalue weighted by molar-refractivity contribution is -0.156. The van der Waals surface area contributed by atoms with Gasteiger partial charge in [0.2, 0.25) is 11.8 Å². The molecule has 0 spiro atoms. The van der Waals surface area contributed by atoms with E-state index < -0.39 is 71.6 Å². The second-order valence-electron chi connectivity index (χ2n) is 20.8. The van der Waals surface area contributed by atoms with Gasteiger partial charge in [-0.05, 0) is 102 Å². The van der Waals surface area contributed by atoms with Gasteiger partial charge < -0.3 is 33.7 Å². The van der Waals surface area contributed by atoms with Gasteiger partial charge in [-0.1, -0.05) is 33.6 Å². The number of nitrogens with one attached hydrogen (secondary N) is 2. The number of amides is 3. The maximum Gasteiger partial charge on any atom is 0.406 e. The zero-order valence-electron chi connectivity index (χ0n) is 41.9. The van der Waals surface area contributed by atoms with E-state index in [-0.39, 0.29) is 63.0 Å². The quantitative estimate of drug-likeness (QED) is 0.185. The number of cyclic esters (lactones) is 1. The van der Waals surface area contributed by atoms with Crippen LogP contribution in [0.1, 0.15) is 90.7 Å². The van der Waals surface area contributed by atoms with Crippen LogP contribution in [0.4, 0.5) is 13.2 Å². The van der Waals surface area contributed by atoms with Crippen molar-refractivity contribution in [1.29, 1.82) is 0 Å². The fourth-order valence-electron chi connectivity index (χ4n) is 9.02. The first kappa shape index (κ1) is 52.3. The molecule has 0 radical (unpaired) electrons. The minimum atomic E-state index is -4.60. The molecule has 0 saturated carbocycles. The number of rotatable bonds is 11. The summed E-state index contributed by atoms with van der Waals surface area (Å²) in [4.78, 5) is 68.4. The molecule has 4 aliphatic rings. The molecule has 1 unspecified atom stereocenters. The van der Waals surface area contributed by atoms with Gasteiger partial charge in [-0.3, -0.25) is 34.1 Å². The topological polar surface area (TPSA) is 169 Å². The third-order valence-electron chi connectivity index (χ3n) is 13.8. The van der Waals surface area contributed by atoms with Crippen molar-refractivity contribution in [2.75, 3.05) is 60.7 Å². The van der Waals surface area contributed by atoms with E-state index in [4.69, 9.17) is 23.9 Å². The number of fused-ring (bicyclic) bond motifs is 5. The van der Waals surface area contributed by atoms with Gasteiger partial charge in [0.05, 0.1) is 54.3 Å². The number of hydrogen-bond acceptors (Lipinski definition) is 12. The molecule has 6 bridgehead atoms. The van der Waals surface area contributed by atoms with Crippen LogP contribution >= 0.6 is 0 Å². The fourth-order valence-corrected chi connectivity index (χ4v) is 9.02. The van der Waals surface area contributed by atoms with Gasteiger partial charge in [0.25, 0.3) is 11.8 Å². The average Bonchev–Trinajstić information content (AvgIpc) is 3.87.